The Labute approximate surface area is 124 Å². The van der Waals surface area contributed by atoms with E-state index in [4.69, 9.17) is 0 Å². The Kier molecular flexibility index (Phi) is 4.94. The number of aliphatic carboxylic acids is 1. The van der Waals surface area contributed by atoms with Crippen LogP contribution in [0.2, 0.25) is 0 Å². The average molecular weight is 290 g/mol. The van der Waals surface area contributed by atoms with Gasteiger partial charge in [-0.15, -0.1) is 0 Å². The number of carbonyl (C=O) groups excluding carboxylic acids is 1. The van der Waals surface area contributed by atoms with E-state index in [9.17, 15) is 14.7 Å². The van der Waals surface area contributed by atoms with Crippen molar-refractivity contribution in [3.8, 4) is 0 Å². The number of hydrogen-bond acceptors (Lipinski definition) is 3. The summed E-state index contributed by atoms with van der Waals surface area (Å²) in [6.45, 7) is 1.89. The van der Waals surface area contributed by atoms with Crippen molar-refractivity contribution in [1.29, 1.82) is 0 Å². The molecule has 1 aromatic heterocycles. The highest BCUT2D eigenvalue weighted by Gasteiger charge is 2.41. The van der Waals surface area contributed by atoms with E-state index in [1.807, 2.05) is 19.1 Å². The summed E-state index contributed by atoms with van der Waals surface area (Å²) >= 11 is 0. The molecule has 0 aliphatic heterocycles. The van der Waals surface area contributed by atoms with Gasteiger partial charge >= 0.3 is 5.97 Å². The van der Waals surface area contributed by atoms with Crippen LogP contribution < -0.4 is 5.32 Å². The van der Waals surface area contributed by atoms with Crippen molar-refractivity contribution in [2.75, 3.05) is 0 Å². The van der Waals surface area contributed by atoms with Gasteiger partial charge in [0.1, 0.15) is 0 Å². The minimum Gasteiger partial charge on any atom is -0.481 e. The zero-order valence-corrected chi connectivity index (χ0v) is 12.3. The van der Waals surface area contributed by atoms with Gasteiger partial charge in [-0.1, -0.05) is 19.3 Å². The molecule has 1 atom stereocenters. The van der Waals surface area contributed by atoms with Crippen molar-refractivity contribution in [1.82, 2.24) is 10.3 Å². The quantitative estimate of drug-likeness (QED) is 0.873. The molecule has 0 aromatic carbocycles. The second-order valence-corrected chi connectivity index (χ2v) is 5.89. The Bertz CT molecular complexity index is 496. The van der Waals surface area contributed by atoms with Crippen LogP contribution in [-0.4, -0.2) is 22.0 Å². The standard InChI is InChI=1S/C16H22N2O3/c1-12(13-5-9-17-10-6-13)18-14(19)11-16(15(20)21)7-3-2-4-8-16/h5-6,9-10,12H,2-4,7-8,11H2,1H3,(H,18,19)(H,20,21)/t12-/m0/s1. The molecule has 0 bridgehead atoms. The van der Waals surface area contributed by atoms with Crippen LogP contribution in [0.25, 0.3) is 0 Å². The van der Waals surface area contributed by atoms with Crippen molar-refractivity contribution < 1.29 is 14.7 Å². The molecule has 1 saturated carbocycles. The second kappa shape index (κ2) is 6.70. The summed E-state index contributed by atoms with van der Waals surface area (Å²) < 4.78 is 0. The minimum atomic E-state index is -0.875. The van der Waals surface area contributed by atoms with Gasteiger partial charge < -0.3 is 10.4 Å². The SMILES string of the molecule is C[C@H](NC(=O)CC1(C(=O)O)CCCCC1)c1ccncc1. The number of nitrogens with zero attached hydrogens (tertiary/aromatic N) is 1. The third kappa shape index (κ3) is 3.80. The number of aromatic nitrogens is 1. The lowest BCUT2D eigenvalue weighted by atomic mass is 9.71. The number of amides is 1. The first-order valence-corrected chi connectivity index (χ1v) is 7.46. The van der Waals surface area contributed by atoms with Crippen LogP contribution in [0.15, 0.2) is 24.5 Å². The Morgan fingerprint density at radius 2 is 1.90 bits per heavy atom. The number of carboxylic acid groups (broad SMARTS) is 1. The molecule has 0 saturated heterocycles. The average Bonchev–Trinajstić information content (AvgIpc) is 2.48. The lowest BCUT2D eigenvalue weighted by molar-refractivity contribution is -0.154. The summed E-state index contributed by atoms with van der Waals surface area (Å²) in [7, 11) is 0. The van der Waals surface area contributed by atoms with Crippen LogP contribution >= 0.6 is 0 Å². The van der Waals surface area contributed by atoms with E-state index >= 15 is 0 Å². The minimum absolute atomic E-state index is 0.0672. The third-order valence-electron chi connectivity index (χ3n) is 4.35. The first-order valence-electron chi connectivity index (χ1n) is 7.46. The number of nitrogens with one attached hydrogen (secondary N) is 1. The van der Waals surface area contributed by atoms with Crippen molar-refractivity contribution in [2.45, 2.75) is 51.5 Å². The normalized spacial score (nSPS) is 18.7. The number of carbonyl (C=O) groups is 2. The molecule has 1 fully saturated rings. The Balaban J connectivity index is 1.98. The third-order valence-corrected chi connectivity index (χ3v) is 4.35. The monoisotopic (exact) mass is 290 g/mol. The molecule has 1 amide bonds. The Hall–Kier alpha value is -1.91. The van der Waals surface area contributed by atoms with Gasteiger partial charge in [-0.05, 0) is 37.5 Å². The highest BCUT2D eigenvalue weighted by atomic mass is 16.4. The molecule has 0 radical (unpaired) electrons. The fraction of sp³-hybridized carbons (Fsp3) is 0.562. The van der Waals surface area contributed by atoms with E-state index in [1.165, 1.54) is 0 Å². The lowest BCUT2D eigenvalue weighted by Crippen LogP contribution is -2.39. The van der Waals surface area contributed by atoms with Crippen molar-refractivity contribution in [3.63, 3.8) is 0 Å². The topological polar surface area (TPSA) is 79.3 Å². The van der Waals surface area contributed by atoms with E-state index < -0.39 is 11.4 Å². The van der Waals surface area contributed by atoms with Crippen LogP contribution in [0, 0.1) is 5.41 Å². The van der Waals surface area contributed by atoms with Crippen LogP contribution in [0.4, 0.5) is 0 Å². The molecule has 2 N–H and O–H groups in total. The number of pyridine rings is 1. The van der Waals surface area contributed by atoms with Crippen LogP contribution in [0.5, 0.6) is 0 Å². The molecule has 1 aliphatic rings. The predicted molar refractivity (Wildman–Crippen MR) is 78.6 cm³/mol. The Morgan fingerprint density at radius 3 is 2.48 bits per heavy atom. The molecular weight excluding hydrogens is 268 g/mol. The summed E-state index contributed by atoms with van der Waals surface area (Å²) in [6.07, 6.45) is 7.45. The molecular formula is C16H22N2O3. The van der Waals surface area contributed by atoms with Gasteiger partial charge in [0, 0.05) is 18.8 Å². The van der Waals surface area contributed by atoms with E-state index in [-0.39, 0.29) is 18.4 Å². The number of hydrogen-bond donors (Lipinski definition) is 2. The van der Waals surface area contributed by atoms with E-state index in [0.717, 1.165) is 24.8 Å². The highest BCUT2D eigenvalue weighted by Crippen LogP contribution is 2.39. The molecule has 0 unspecified atom stereocenters. The van der Waals surface area contributed by atoms with E-state index in [0.29, 0.717) is 12.8 Å². The first-order chi connectivity index (χ1) is 10.0. The van der Waals surface area contributed by atoms with Gasteiger partial charge in [0.2, 0.25) is 5.91 Å². The molecule has 5 nitrogen and oxygen atoms in total. The van der Waals surface area contributed by atoms with Crippen molar-refractivity contribution in [2.24, 2.45) is 5.41 Å². The van der Waals surface area contributed by atoms with Crippen LogP contribution in [0.1, 0.15) is 57.1 Å². The smallest absolute Gasteiger partial charge is 0.310 e. The van der Waals surface area contributed by atoms with Crippen LogP contribution in [-0.2, 0) is 9.59 Å². The summed E-state index contributed by atoms with van der Waals surface area (Å²) in [5.74, 6) is -1.03. The highest BCUT2D eigenvalue weighted by molar-refractivity contribution is 5.85. The number of rotatable bonds is 5. The van der Waals surface area contributed by atoms with Gasteiger partial charge in [-0.3, -0.25) is 14.6 Å². The van der Waals surface area contributed by atoms with Gasteiger partial charge in [0.25, 0.3) is 0 Å². The van der Waals surface area contributed by atoms with Gasteiger partial charge in [-0.25, -0.2) is 0 Å². The molecule has 1 aromatic rings. The second-order valence-electron chi connectivity index (χ2n) is 5.89. The molecule has 1 heterocycles. The fourth-order valence-corrected chi connectivity index (χ4v) is 3.03. The molecule has 2 rings (SSSR count). The van der Waals surface area contributed by atoms with Gasteiger partial charge in [0.05, 0.1) is 11.5 Å². The van der Waals surface area contributed by atoms with E-state index in [2.05, 4.69) is 10.3 Å². The number of carboxylic acids is 1. The van der Waals surface area contributed by atoms with Crippen molar-refractivity contribution in [3.05, 3.63) is 30.1 Å². The summed E-state index contributed by atoms with van der Waals surface area (Å²) in [5, 5.41) is 12.4. The van der Waals surface area contributed by atoms with Gasteiger partial charge in [-0.2, -0.15) is 0 Å². The zero-order valence-electron chi connectivity index (χ0n) is 12.3. The zero-order chi connectivity index (χ0) is 15.3. The molecule has 1 aliphatic carbocycles. The van der Waals surface area contributed by atoms with Crippen molar-refractivity contribution >= 4 is 11.9 Å². The molecule has 114 valence electrons. The summed E-state index contributed by atoms with van der Waals surface area (Å²) in [5.41, 5.74) is 0.0895. The maximum atomic E-state index is 12.2. The largest absolute Gasteiger partial charge is 0.481 e. The maximum absolute atomic E-state index is 12.2. The fourth-order valence-electron chi connectivity index (χ4n) is 3.03. The first kappa shape index (κ1) is 15.5. The lowest BCUT2D eigenvalue weighted by Gasteiger charge is -2.32. The Morgan fingerprint density at radius 1 is 1.29 bits per heavy atom. The summed E-state index contributed by atoms with van der Waals surface area (Å²) in [6, 6.07) is 3.55. The molecule has 21 heavy (non-hydrogen) atoms. The molecule has 5 heteroatoms. The maximum Gasteiger partial charge on any atom is 0.310 e. The molecule has 0 spiro atoms. The van der Waals surface area contributed by atoms with Gasteiger partial charge in [0.15, 0.2) is 0 Å². The van der Waals surface area contributed by atoms with E-state index in [1.54, 1.807) is 12.4 Å². The van der Waals surface area contributed by atoms with Crippen LogP contribution in [0.3, 0.4) is 0 Å². The summed E-state index contributed by atoms with van der Waals surface area (Å²) in [4.78, 5) is 27.7. The predicted octanol–water partition coefficient (Wildman–Crippen LogP) is 2.68.